The van der Waals surface area contributed by atoms with Crippen LogP contribution in [0.2, 0.25) is 0 Å². The summed E-state index contributed by atoms with van der Waals surface area (Å²) in [6.45, 7) is 5.87. The van der Waals surface area contributed by atoms with Crippen molar-refractivity contribution in [1.29, 1.82) is 0 Å². The lowest BCUT2D eigenvalue weighted by Gasteiger charge is -2.37. The van der Waals surface area contributed by atoms with Gasteiger partial charge in [0.1, 0.15) is 12.0 Å². The third-order valence-electron chi connectivity index (χ3n) is 6.50. The molecule has 0 saturated carbocycles. The van der Waals surface area contributed by atoms with E-state index < -0.39 is 5.97 Å². The van der Waals surface area contributed by atoms with Crippen molar-refractivity contribution in [2.24, 2.45) is 5.92 Å². The molecule has 0 unspecified atom stereocenters. The van der Waals surface area contributed by atoms with E-state index in [9.17, 15) is 9.90 Å². The molecule has 1 aromatic heterocycles. The number of fused-ring (bicyclic) bond motifs is 1. The Morgan fingerprint density at radius 1 is 1.00 bits per heavy atom. The molecule has 170 valence electrons. The summed E-state index contributed by atoms with van der Waals surface area (Å²) in [6, 6.07) is 6.11. The van der Waals surface area contributed by atoms with Gasteiger partial charge in [-0.25, -0.2) is 9.97 Å². The predicted molar refractivity (Wildman–Crippen MR) is 119 cm³/mol. The number of benzene rings is 1. The Kier molecular flexibility index (Phi) is 5.60. The lowest BCUT2D eigenvalue weighted by atomic mass is 9.97. The van der Waals surface area contributed by atoms with Gasteiger partial charge in [-0.05, 0) is 30.5 Å². The van der Waals surface area contributed by atoms with E-state index in [1.807, 2.05) is 6.07 Å². The molecule has 0 aliphatic carbocycles. The summed E-state index contributed by atoms with van der Waals surface area (Å²) < 4.78 is 10.9. The minimum Gasteiger partial charge on any atom is -0.481 e. The summed E-state index contributed by atoms with van der Waals surface area (Å²) in [7, 11) is 0. The van der Waals surface area contributed by atoms with E-state index in [0.717, 1.165) is 50.0 Å². The second-order valence-corrected chi connectivity index (χ2v) is 8.48. The number of nitrogen functional groups attached to an aromatic ring is 1. The van der Waals surface area contributed by atoms with Crippen LogP contribution < -0.4 is 25.0 Å². The monoisotopic (exact) mass is 440 g/mol. The fraction of sp³-hybridized carbons (Fsp3) is 0.500. The maximum absolute atomic E-state index is 11.2. The molecule has 5 rings (SSSR count). The van der Waals surface area contributed by atoms with Gasteiger partial charge in [0.25, 0.3) is 0 Å². The number of hydrogen-bond acceptors (Lipinski definition) is 9. The molecule has 0 amide bonds. The normalized spacial score (nSPS) is 19.4. The summed E-state index contributed by atoms with van der Waals surface area (Å²) in [5.41, 5.74) is 8.27. The van der Waals surface area contributed by atoms with Gasteiger partial charge in [-0.1, -0.05) is 6.07 Å². The molecule has 4 heterocycles. The highest BCUT2D eigenvalue weighted by Gasteiger charge is 2.28. The summed E-state index contributed by atoms with van der Waals surface area (Å²) >= 11 is 0. The highest BCUT2D eigenvalue weighted by molar-refractivity contribution is 5.76. The average Bonchev–Trinajstić information content (AvgIpc) is 3.28. The van der Waals surface area contributed by atoms with Crippen LogP contribution in [0.3, 0.4) is 0 Å². The van der Waals surface area contributed by atoms with Crippen LogP contribution in [-0.4, -0.2) is 72.0 Å². The van der Waals surface area contributed by atoms with Crippen LogP contribution in [0.4, 0.5) is 17.3 Å². The molecular formula is C22H28N6O4. The number of aliphatic carboxylic acids is 1. The van der Waals surface area contributed by atoms with E-state index in [1.54, 1.807) is 6.33 Å². The minimum atomic E-state index is -0.723. The highest BCUT2D eigenvalue weighted by atomic mass is 16.7. The van der Waals surface area contributed by atoms with E-state index in [1.165, 1.54) is 5.56 Å². The number of hydrogen-bond donors (Lipinski definition) is 2. The van der Waals surface area contributed by atoms with Gasteiger partial charge in [0, 0.05) is 45.8 Å². The first-order valence-corrected chi connectivity index (χ1v) is 11.0. The van der Waals surface area contributed by atoms with Crippen LogP contribution in [-0.2, 0) is 11.3 Å². The zero-order valence-corrected chi connectivity index (χ0v) is 17.9. The quantitative estimate of drug-likeness (QED) is 0.707. The Balaban J connectivity index is 1.20. The lowest BCUT2D eigenvalue weighted by molar-refractivity contribution is -0.142. The molecule has 2 aromatic rings. The smallest absolute Gasteiger partial charge is 0.306 e. The molecule has 0 spiro atoms. The number of aromatic nitrogens is 2. The standard InChI is InChI=1S/C22H28N6O4/c23-19-20(27-5-3-16(4-6-27)22(29)30)24-13-25-21(19)28-9-7-26(8-10-28)12-15-1-2-17-18(11-15)32-14-31-17/h1-2,11,13,16H,3-10,12,14,23H2,(H,29,30). The first-order chi connectivity index (χ1) is 15.6. The molecule has 3 aliphatic heterocycles. The third-order valence-corrected chi connectivity index (χ3v) is 6.50. The number of carbonyl (C=O) groups is 1. The van der Waals surface area contributed by atoms with E-state index in [-0.39, 0.29) is 12.7 Å². The summed E-state index contributed by atoms with van der Waals surface area (Å²) in [5.74, 6) is 2.08. The van der Waals surface area contributed by atoms with E-state index in [4.69, 9.17) is 15.2 Å². The average molecular weight is 441 g/mol. The number of piperidine rings is 1. The molecule has 3 aliphatic rings. The van der Waals surface area contributed by atoms with Crippen molar-refractivity contribution in [2.45, 2.75) is 19.4 Å². The summed E-state index contributed by atoms with van der Waals surface area (Å²) in [6.07, 6.45) is 2.77. The Hall–Kier alpha value is -3.27. The van der Waals surface area contributed by atoms with E-state index in [0.29, 0.717) is 37.4 Å². The largest absolute Gasteiger partial charge is 0.481 e. The topological polar surface area (TPSA) is 117 Å². The van der Waals surface area contributed by atoms with Crippen molar-refractivity contribution in [3.05, 3.63) is 30.1 Å². The van der Waals surface area contributed by atoms with Crippen LogP contribution in [0.1, 0.15) is 18.4 Å². The Morgan fingerprint density at radius 3 is 2.34 bits per heavy atom. The van der Waals surface area contributed by atoms with Crippen molar-refractivity contribution >= 4 is 23.3 Å². The van der Waals surface area contributed by atoms with E-state index in [2.05, 4.69) is 36.8 Å². The van der Waals surface area contributed by atoms with Gasteiger partial charge in [-0.2, -0.15) is 0 Å². The van der Waals surface area contributed by atoms with Gasteiger partial charge in [0.2, 0.25) is 6.79 Å². The molecule has 2 fully saturated rings. The number of nitrogens with two attached hydrogens (primary N) is 1. The second-order valence-electron chi connectivity index (χ2n) is 8.48. The van der Waals surface area contributed by atoms with Crippen LogP contribution in [0.25, 0.3) is 0 Å². The van der Waals surface area contributed by atoms with Gasteiger partial charge in [0.15, 0.2) is 23.1 Å². The van der Waals surface area contributed by atoms with Gasteiger partial charge >= 0.3 is 5.97 Å². The Bertz CT molecular complexity index is 986. The Labute approximate surface area is 186 Å². The summed E-state index contributed by atoms with van der Waals surface area (Å²) in [4.78, 5) is 26.8. The molecular weight excluding hydrogens is 412 g/mol. The SMILES string of the molecule is Nc1c(N2CCC(C(=O)O)CC2)ncnc1N1CCN(Cc2ccc3c(c2)OCO3)CC1. The molecule has 0 radical (unpaired) electrons. The van der Waals surface area contributed by atoms with Crippen molar-refractivity contribution in [1.82, 2.24) is 14.9 Å². The molecule has 2 saturated heterocycles. The maximum atomic E-state index is 11.2. The first-order valence-electron chi connectivity index (χ1n) is 11.0. The fourth-order valence-electron chi connectivity index (χ4n) is 4.63. The Morgan fingerprint density at radius 2 is 1.66 bits per heavy atom. The number of piperazine rings is 1. The van der Waals surface area contributed by atoms with Crippen molar-refractivity contribution < 1.29 is 19.4 Å². The van der Waals surface area contributed by atoms with Crippen LogP contribution >= 0.6 is 0 Å². The van der Waals surface area contributed by atoms with Gasteiger partial charge < -0.3 is 30.1 Å². The lowest BCUT2D eigenvalue weighted by Crippen LogP contribution is -2.46. The maximum Gasteiger partial charge on any atom is 0.306 e. The number of carboxylic acid groups (broad SMARTS) is 1. The third kappa shape index (κ3) is 4.10. The number of nitrogens with zero attached hydrogens (tertiary/aromatic N) is 5. The molecule has 0 atom stereocenters. The summed E-state index contributed by atoms with van der Waals surface area (Å²) in [5, 5.41) is 9.23. The second kappa shape index (κ2) is 8.70. The predicted octanol–water partition coefficient (Wildman–Crippen LogP) is 1.41. The number of carboxylic acids is 1. The number of rotatable bonds is 5. The van der Waals surface area contributed by atoms with Crippen LogP contribution in [0, 0.1) is 5.92 Å². The van der Waals surface area contributed by atoms with Gasteiger partial charge in [-0.15, -0.1) is 0 Å². The fourth-order valence-corrected chi connectivity index (χ4v) is 4.63. The van der Waals surface area contributed by atoms with Crippen molar-refractivity contribution in [3.63, 3.8) is 0 Å². The molecule has 32 heavy (non-hydrogen) atoms. The molecule has 10 nitrogen and oxygen atoms in total. The first kappa shape index (κ1) is 20.6. The zero-order valence-electron chi connectivity index (χ0n) is 17.9. The number of ether oxygens (including phenoxy) is 2. The molecule has 3 N–H and O–H groups in total. The van der Waals surface area contributed by atoms with Gasteiger partial charge in [0.05, 0.1) is 5.92 Å². The molecule has 0 bridgehead atoms. The molecule has 10 heteroatoms. The highest BCUT2D eigenvalue weighted by Crippen LogP contribution is 2.34. The van der Waals surface area contributed by atoms with Crippen molar-refractivity contribution in [3.8, 4) is 11.5 Å². The minimum absolute atomic E-state index is 0.286. The zero-order chi connectivity index (χ0) is 22.1. The van der Waals surface area contributed by atoms with Gasteiger partial charge in [-0.3, -0.25) is 9.69 Å². The van der Waals surface area contributed by atoms with E-state index >= 15 is 0 Å². The number of anilines is 3. The van der Waals surface area contributed by atoms with Crippen molar-refractivity contribution in [2.75, 3.05) is 61.6 Å². The van der Waals surface area contributed by atoms with Crippen LogP contribution in [0.5, 0.6) is 11.5 Å². The molecule has 1 aromatic carbocycles. The van der Waals surface area contributed by atoms with Crippen LogP contribution in [0.15, 0.2) is 24.5 Å².